The van der Waals surface area contributed by atoms with E-state index in [1.54, 1.807) is 23.9 Å². The first-order valence-corrected chi connectivity index (χ1v) is 6.15. The zero-order chi connectivity index (χ0) is 14.1. The number of methoxy groups -OCH3 is 1. The Bertz CT molecular complexity index is 750. The molecule has 0 bridgehead atoms. The minimum Gasteiger partial charge on any atom is -0.497 e. The molecular weight excluding hydrogens is 259 g/mol. The van der Waals surface area contributed by atoms with Crippen molar-refractivity contribution in [2.45, 2.75) is 6.61 Å². The molecule has 0 atom stereocenters. The number of fused-ring (bicyclic) bond motifs is 1. The summed E-state index contributed by atoms with van der Waals surface area (Å²) in [5.74, 6) is 0.392. The van der Waals surface area contributed by atoms with Crippen molar-refractivity contribution >= 4 is 10.9 Å². The molecule has 0 unspecified atom stereocenters. The number of hydrogen-bond donors (Lipinski definition) is 1. The molecule has 3 rings (SSSR count). The highest BCUT2D eigenvalue weighted by atomic mass is 19.1. The molecule has 0 amide bonds. The van der Waals surface area contributed by atoms with Crippen LogP contribution < -0.4 is 4.74 Å². The van der Waals surface area contributed by atoms with Crippen LogP contribution in [-0.4, -0.2) is 22.0 Å². The van der Waals surface area contributed by atoms with E-state index in [0.717, 1.165) is 10.9 Å². The highest BCUT2D eigenvalue weighted by Gasteiger charge is 2.12. The molecule has 0 fully saturated rings. The van der Waals surface area contributed by atoms with Crippen molar-refractivity contribution < 1.29 is 14.2 Å². The summed E-state index contributed by atoms with van der Waals surface area (Å²) in [6.07, 6.45) is 0. The normalized spacial score (nSPS) is 10.9. The van der Waals surface area contributed by atoms with Gasteiger partial charge in [0.1, 0.15) is 11.6 Å². The van der Waals surface area contributed by atoms with Crippen molar-refractivity contribution in [3.05, 3.63) is 54.0 Å². The predicted octanol–water partition coefficient (Wildman–Crippen LogP) is 2.67. The van der Waals surface area contributed by atoms with Gasteiger partial charge in [-0.2, -0.15) is 5.10 Å². The summed E-state index contributed by atoms with van der Waals surface area (Å²) >= 11 is 0. The standard InChI is InChI=1S/C15H13FN2O2/c1-20-12-6-7-14-13(8-12)15(9-19)18(17-14)11-4-2-10(16)3-5-11/h2-8,19H,9H2,1H3. The maximum absolute atomic E-state index is 13.0. The van der Waals surface area contributed by atoms with E-state index in [2.05, 4.69) is 5.10 Å². The summed E-state index contributed by atoms with van der Waals surface area (Å²) < 4.78 is 19.8. The van der Waals surface area contributed by atoms with Gasteiger partial charge in [-0.15, -0.1) is 0 Å². The Morgan fingerprint density at radius 3 is 2.60 bits per heavy atom. The first-order valence-electron chi connectivity index (χ1n) is 6.15. The minimum atomic E-state index is -0.308. The fourth-order valence-corrected chi connectivity index (χ4v) is 2.19. The van der Waals surface area contributed by atoms with Crippen LogP contribution in [0.3, 0.4) is 0 Å². The molecule has 20 heavy (non-hydrogen) atoms. The van der Waals surface area contributed by atoms with Gasteiger partial charge in [-0.3, -0.25) is 0 Å². The number of halogens is 1. The van der Waals surface area contributed by atoms with Crippen LogP contribution in [0.25, 0.3) is 16.6 Å². The maximum atomic E-state index is 13.0. The molecule has 0 saturated carbocycles. The largest absolute Gasteiger partial charge is 0.497 e. The lowest BCUT2D eigenvalue weighted by Gasteiger charge is -2.05. The van der Waals surface area contributed by atoms with Gasteiger partial charge < -0.3 is 9.84 Å². The van der Waals surface area contributed by atoms with Crippen LogP contribution in [0, 0.1) is 5.82 Å². The number of nitrogens with zero attached hydrogens (tertiary/aromatic N) is 2. The zero-order valence-corrected chi connectivity index (χ0v) is 10.9. The van der Waals surface area contributed by atoms with E-state index in [9.17, 15) is 9.50 Å². The molecule has 0 saturated heterocycles. The summed E-state index contributed by atoms with van der Waals surface area (Å²) in [4.78, 5) is 0. The van der Waals surface area contributed by atoms with E-state index >= 15 is 0 Å². The molecule has 0 aliphatic heterocycles. The number of ether oxygens (including phenoxy) is 1. The molecule has 0 aliphatic carbocycles. The summed E-state index contributed by atoms with van der Waals surface area (Å²) in [5.41, 5.74) is 2.09. The molecule has 102 valence electrons. The number of benzene rings is 2. The van der Waals surface area contributed by atoms with Crippen molar-refractivity contribution in [1.82, 2.24) is 9.78 Å². The molecule has 1 heterocycles. The Kier molecular flexibility index (Phi) is 3.12. The van der Waals surface area contributed by atoms with Crippen LogP contribution in [0.5, 0.6) is 5.75 Å². The molecule has 2 aromatic carbocycles. The van der Waals surface area contributed by atoms with Crippen LogP contribution in [0.1, 0.15) is 5.69 Å². The van der Waals surface area contributed by atoms with Gasteiger partial charge in [0.05, 0.1) is 30.6 Å². The Hall–Kier alpha value is -2.40. The molecule has 3 aromatic rings. The summed E-state index contributed by atoms with van der Waals surface area (Å²) in [6.45, 7) is -0.166. The fourth-order valence-electron chi connectivity index (χ4n) is 2.19. The van der Waals surface area contributed by atoms with Crippen molar-refractivity contribution in [3.8, 4) is 11.4 Å². The van der Waals surface area contributed by atoms with Gasteiger partial charge in [-0.25, -0.2) is 9.07 Å². The average molecular weight is 272 g/mol. The molecule has 0 aliphatic rings. The van der Waals surface area contributed by atoms with Gasteiger partial charge in [0.25, 0.3) is 0 Å². The van der Waals surface area contributed by atoms with E-state index in [1.807, 2.05) is 18.2 Å². The first-order chi connectivity index (χ1) is 9.72. The van der Waals surface area contributed by atoms with E-state index in [1.165, 1.54) is 12.1 Å². The molecule has 1 N–H and O–H groups in total. The van der Waals surface area contributed by atoms with Gasteiger partial charge >= 0.3 is 0 Å². The van der Waals surface area contributed by atoms with Crippen molar-refractivity contribution in [2.24, 2.45) is 0 Å². The number of rotatable bonds is 3. The minimum absolute atomic E-state index is 0.166. The van der Waals surface area contributed by atoms with E-state index in [-0.39, 0.29) is 12.4 Å². The van der Waals surface area contributed by atoms with Crippen LogP contribution in [0.15, 0.2) is 42.5 Å². The summed E-state index contributed by atoms with van der Waals surface area (Å²) in [7, 11) is 1.59. The summed E-state index contributed by atoms with van der Waals surface area (Å²) in [5, 5.41) is 14.9. The van der Waals surface area contributed by atoms with E-state index < -0.39 is 0 Å². The van der Waals surface area contributed by atoms with Gasteiger partial charge in [0.15, 0.2) is 0 Å². The zero-order valence-electron chi connectivity index (χ0n) is 10.9. The molecule has 0 radical (unpaired) electrons. The second-order valence-electron chi connectivity index (χ2n) is 4.38. The number of aliphatic hydroxyl groups is 1. The molecule has 1 aromatic heterocycles. The van der Waals surface area contributed by atoms with E-state index in [4.69, 9.17) is 4.74 Å². The third-order valence-electron chi connectivity index (χ3n) is 3.20. The Balaban J connectivity index is 2.22. The maximum Gasteiger partial charge on any atom is 0.123 e. The lowest BCUT2D eigenvalue weighted by Crippen LogP contribution is -2.02. The smallest absolute Gasteiger partial charge is 0.123 e. The molecule has 0 spiro atoms. The van der Waals surface area contributed by atoms with Crippen molar-refractivity contribution in [2.75, 3.05) is 7.11 Å². The highest BCUT2D eigenvalue weighted by molar-refractivity contribution is 5.83. The third-order valence-corrected chi connectivity index (χ3v) is 3.20. The Morgan fingerprint density at radius 1 is 1.20 bits per heavy atom. The Morgan fingerprint density at radius 2 is 1.95 bits per heavy atom. The average Bonchev–Trinajstić information content (AvgIpc) is 2.85. The molecule has 5 heteroatoms. The first kappa shape index (κ1) is 12.6. The topological polar surface area (TPSA) is 47.3 Å². The van der Waals surface area contributed by atoms with Crippen molar-refractivity contribution in [3.63, 3.8) is 0 Å². The molecular formula is C15H13FN2O2. The Labute approximate surface area is 115 Å². The van der Waals surface area contributed by atoms with E-state index in [0.29, 0.717) is 17.1 Å². The van der Waals surface area contributed by atoms with Gasteiger partial charge in [-0.1, -0.05) is 0 Å². The third kappa shape index (κ3) is 2.02. The number of hydrogen-bond acceptors (Lipinski definition) is 3. The number of aliphatic hydroxyl groups excluding tert-OH is 1. The van der Waals surface area contributed by atoms with Gasteiger partial charge in [-0.05, 0) is 42.5 Å². The van der Waals surface area contributed by atoms with Gasteiger partial charge in [0.2, 0.25) is 0 Å². The number of aromatic nitrogens is 2. The lowest BCUT2D eigenvalue weighted by molar-refractivity contribution is 0.274. The van der Waals surface area contributed by atoms with Gasteiger partial charge in [0, 0.05) is 5.39 Å². The predicted molar refractivity (Wildman–Crippen MR) is 73.5 cm³/mol. The fraction of sp³-hybridized carbons (Fsp3) is 0.133. The highest BCUT2D eigenvalue weighted by Crippen LogP contribution is 2.26. The van der Waals surface area contributed by atoms with Crippen LogP contribution in [-0.2, 0) is 6.61 Å². The van der Waals surface area contributed by atoms with Crippen LogP contribution in [0.2, 0.25) is 0 Å². The SMILES string of the molecule is COc1ccc2nn(-c3ccc(F)cc3)c(CO)c2c1. The quantitative estimate of drug-likeness (QED) is 0.797. The second-order valence-corrected chi connectivity index (χ2v) is 4.38. The summed E-state index contributed by atoms with van der Waals surface area (Å²) in [6, 6.07) is 11.4. The van der Waals surface area contributed by atoms with Crippen LogP contribution in [0.4, 0.5) is 4.39 Å². The monoisotopic (exact) mass is 272 g/mol. The van der Waals surface area contributed by atoms with Crippen molar-refractivity contribution in [1.29, 1.82) is 0 Å². The molecule has 4 nitrogen and oxygen atoms in total. The second kappa shape index (κ2) is 4.94. The van der Waals surface area contributed by atoms with Crippen LogP contribution >= 0.6 is 0 Å². The lowest BCUT2D eigenvalue weighted by atomic mass is 10.2.